The summed E-state index contributed by atoms with van der Waals surface area (Å²) in [5, 5.41) is 8.90. The van der Waals surface area contributed by atoms with Gasteiger partial charge in [-0.15, -0.1) is 0 Å². The van der Waals surface area contributed by atoms with Crippen LogP contribution >= 0.6 is 11.8 Å². The van der Waals surface area contributed by atoms with Crippen LogP contribution in [0.2, 0.25) is 0 Å². The summed E-state index contributed by atoms with van der Waals surface area (Å²) in [4.78, 5) is 13.2. The normalized spacial score (nSPS) is 19.9. The van der Waals surface area contributed by atoms with Crippen LogP contribution in [0.4, 0.5) is 0 Å². The van der Waals surface area contributed by atoms with Gasteiger partial charge in [0.1, 0.15) is 5.76 Å². The minimum Gasteiger partial charge on any atom is -0.475 e. The molecule has 0 atom stereocenters. The maximum absolute atomic E-state index is 10.9. The van der Waals surface area contributed by atoms with Gasteiger partial charge >= 0.3 is 5.97 Å². The molecule has 1 aromatic heterocycles. The number of carboxylic acid groups (broad SMARTS) is 1. The average molecular weight is 269 g/mol. The van der Waals surface area contributed by atoms with Gasteiger partial charge in [0.25, 0.3) is 0 Å². The maximum atomic E-state index is 10.9. The largest absolute Gasteiger partial charge is 0.475 e. The Morgan fingerprint density at radius 3 is 2.89 bits per heavy atom. The highest BCUT2D eigenvalue weighted by Gasteiger charge is 2.27. The van der Waals surface area contributed by atoms with Gasteiger partial charge in [0.05, 0.1) is 0 Å². The number of nitrogens with zero attached hydrogens (tertiary/aromatic N) is 1. The predicted octanol–water partition coefficient (Wildman–Crippen LogP) is 2.61. The Balaban J connectivity index is 2.07. The molecule has 1 saturated heterocycles. The summed E-state index contributed by atoms with van der Waals surface area (Å²) in [6, 6.07) is 1.65. The van der Waals surface area contributed by atoms with Crippen molar-refractivity contribution in [2.75, 3.05) is 18.8 Å². The Morgan fingerprint density at radius 1 is 1.61 bits per heavy atom. The molecule has 18 heavy (non-hydrogen) atoms. The van der Waals surface area contributed by atoms with Crippen molar-refractivity contribution in [3.05, 3.63) is 23.2 Å². The molecule has 0 aromatic carbocycles. The average Bonchev–Trinajstić information content (AvgIpc) is 2.59. The molecule has 0 spiro atoms. The zero-order valence-corrected chi connectivity index (χ0v) is 11.8. The van der Waals surface area contributed by atoms with Crippen LogP contribution in [0.3, 0.4) is 0 Å². The zero-order chi connectivity index (χ0) is 13.3. The molecular weight excluding hydrogens is 250 g/mol. The van der Waals surface area contributed by atoms with Crippen molar-refractivity contribution in [3.63, 3.8) is 0 Å². The molecule has 0 amide bonds. The van der Waals surface area contributed by atoms with Crippen LogP contribution in [0.25, 0.3) is 0 Å². The number of aryl methyl sites for hydroxylation is 1. The van der Waals surface area contributed by atoms with E-state index >= 15 is 0 Å². The molecule has 1 aromatic rings. The van der Waals surface area contributed by atoms with Crippen LogP contribution in [0, 0.1) is 6.92 Å². The van der Waals surface area contributed by atoms with Gasteiger partial charge in [-0.1, -0.05) is 0 Å². The molecule has 0 unspecified atom stereocenters. The number of hydrogen-bond acceptors (Lipinski definition) is 4. The van der Waals surface area contributed by atoms with Crippen molar-refractivity contribution >= 4 is 17.7 Å². The van der Waals surface area contributed by atoms with Crippen molar-refractivity contribution < 1.29 is 14.3 Å². The van der Waals surface area contributed by atoms with Crippen LogP contribution in [-0.4, -0.2) is 39.6 Å². The third kappa shape index (κ3) is 3.09. The van der Waals surface area contributed by atoms with E-state index in [0.29, 0.717) is 5.76 Å². The molecule has 0 bridgehead atoms. The monoisotopic (exact) mass is 269 g/mol. The SMILES string of the molecule is Cc1oc(C(=O)O)cc1CN1CCSC(C)(C)C1. The molecule has 0 aliphatic carbocycles. The molecule has 4 nitrogen and oxygen atoms in total. The van der Waals surface area contributed by atoms with Gasteiger partial charge < -0.3 is 9.52 Å². The fourth-order valence-electron chi connectivity index (χ4n) is 2.27. The second-order valence-corrected chi connectivity index (χ2v) is 7.12. The number of furan rings is 1. The third-order valence-electron chi connectivity index (χ3n) is 3.13. The van der Waals surface area contributed by atoms with Crippen molar-refractivity contribution in [3.8, 4) is 0 Å². The molecule has 1 aliphatic heterocycles. The summed E-state index contributed by atoms with van der Waals surface area (Å²) < 4.78 is 5.51. The summed E-state index contributed by atoms with van der Waals surface area (Å²) in [5.41, 5.74) is 0.982. The van der Waals surface area contributed by atoms with Gasteiger partial charge in [0.15, 0.2) is 0 Å². The molecule has 1 N–H and O–H groups in total. The minimum atomic E-state index is -1.00. The first kappa shape index (κ1) is 13.5. The summed E-state index contributed by atoms with van der Waals surface area (Å²) in [6.45, 7) is 9.15. The highest BCUT2D eigenvalue weighted by Crippen LogP contribution is 2.30. The Hall–Kier alpha value is -0.940. The van der Waals surface area contributed by atoms with Crippen molar-refractivity contribution in [1.29, 1.82) is 0 Å². The second kappa shape index (κ2) is 4.97. The van der Waals surface area contributed by atoms with Gasteiger partial charge in [-0.25, -0.2) is 4.79 Å². The molecule has 2 rings (SSSR count). The van der Waals surface area contributed by atoms with Crippen LogP contribution in [0.1, 0.15) is 35.7 Å². The quantitative estimate of drug-likeness (QED) is 0.914. The number of aromatic carboxylic acids is 1. The van der Waals surface area contributed by atoms with Gasteiger partial charge in [-0.3, -0.25) is 4.90 Å². The number of hydrogen-bond donors (Lipinski definition) is 1. The van der Waals surface area contributed by atoms with E-state index in [1.165, 1.54) is 0 Å². The summed E-state index contributed by atoms with van der Waals surface area (Å²) in [5.74, 6) is 0.867. The van der Waals surface area contributed by atoms with Crippen LogP contribution in [0.5, 0.6) is 0 Å². The second-order valence-electron chi connectivity index (χ2n) is 5.32. The van der Waals surface area contributed by atoms with Crippen molar-refractivity contribution in [1.82, 2.24) is 4.90 Å². The fourth-order valence-corrected chi connectivity index (χ4v) is 3.45. The standard InChI is InChI=1S/C13H19NO3S/c1-9-10(6-11(17-9)12(15)16)7-14-4-5-18-13(2,3)8-14/h6H,4-5,7-8H2,1-3H3,(H,15,16). The van der Waals surface area contributed by atoms with E-state index in [-0.39, 0.29) is 10.5 Å². The summed E-state index contributed by atoms with van der Waals surface area (Å²) in [6.07, 6.45) is 0. The lowest BCUT2D eigenvalue weighted by Crippen LogP contribution is -2.42. The lowest BCUT2D eigenvalue weighted by molar-refractivity contribution is 0.0661. The molecule has 2 heterocycles. The molecule has 1 fully saturated rings. The van der Waals surface area contributed by atoms with E-state index in [2.05, 4.69) is 18.7 Å². The van der Waals surface area contributed by atoms with Crippen LogP contribution in [0.15, 0.2) is 10.5 Å². The number of thioether (sulfide) groups is 1. The zero-order valence-electron chi connectivity index (χ0n) is 11.0. The van der Waals surface area contributed by atoms with E-state index in [9.17, 15) is 4.79 Å². The predicted molar refractivity (Wildman–Crippen MR) is 72.2 cm³/mol. The van der Waals surface area contributed by atoms with Crippen LogP contribution in [-0.2, 0) is 6.54 Å². The van der Waals surface area contributed by atoms with E-state index in [4.69, 9.17) is 9.52 Å². The highest BCUT2D eigenvalue weighted by atomic mass is 32.2. The van der Waals surface area contributed by atoms with E-state index in [1.807, 2.05) is 18.7 Å². The Morgan fingerprint density at radius 2 is 2.33 bits per heavy atom. The van der Waals surface area contributed by atoms with Gasteiger partial charge in [0, 0.05) is 35.7 Å². The third-order valence-corrected chi connectivity index (χ3v) is 4.43. The van der Waals surface area contributed by atoms with E-state index in [1.54, 1.807) is 6.07 Å². The van der Waals surface area contributed by atoms with E-state index in [0.717, 1.165) is 31.0 Å². The lowest BCUT2D eigenvalue weighted by Gasteiger charge is -2.37. The topological polar surface area (TPSA) is 53.7 Å². The van der Waals surface area contributed by atoms with Gasteiger partial charge in [-0.05, 0) is 26.8 Å². The molecule has 0 radical (unpaired) electrons. The number of rotatable bonds is 3. The highest BCUT2D eigenvalue weighted by molar-refractivity contribution is 8.00. The first-order valence-corrected chi connectivity index (χ1v) is 7.05. The first-order valence-electron chi connectivity index (χ1n) is 6.06. The lowest BCUT2D eigenvalue weighted by atomic mass is 10.1. The molecule has 1 aliphatic rings. The minimum absolute atomic E-state index is 0.0353. The Bertz CT molecular complexity index is 453. The molecular formula is C13H19NO3S. The summed E-state index contributed by atoms with van der Waals surface area (Å²) >= 11 is 1.99. The van der Waals surface area contributed by atoms with Gasteiger partial charge in [0.2, 0.25) is 5.76 Å². The van der Waals surface area contributed by atoms with E-state index < -0.39 is 5.97 Å². The smallest absolute Gasteiger partial charge is 0.371 e. The fraction of sp³-hybridized carbons (Fsp3) is 0.615. The number of carboxylic acids is 1. The summed E-state index contributed by atoms with van der Waals surface area (Å²) in [7, 11) is 0. The van der Waals surface area contributed by atoms with Crippen molar-refractivity contribution in [2.45, 2.75) is 32.1 Å². The molecule has 0 saturated carbocycles. The Labute approximate surface area is 111 Å². The van der Waals surface area contributed by atoms with Crippen molar-refractivity contribution in [2.24, 2.45) is 0 Å². The van der Waals surface area contributed by atoms with Crippen LogP contribution < -0.4 is 0 Å². The van der Waals surface area contributed by atoms with Gasteiger partial charge in [-0.2, -0.15) is 11.8 Å². The Kier molecular flexibility index (Phi) is 3.73. The number of carbonyl (C=O) groups is 1. The molecule has 5 heteroatoms. The first-order chi connectivity index (χ1) is 8.37. The molecule has 100 valence electrons. The maximum Gasteiger partial charge on any atom is 0.371 e.